The fourth-order valence-electron chi connectivity index (χ4n) is 2.97. The SMILES string of the molecule is CCOc1cccc2sc(N(Cc3ccccn3)C(=O)COc3ccc(F)cc3)nc12. The maximum absolute atomic E-state index is 13.1. The molecule has 0 N–H and O–H groups in total. The number of para-hydroxylation sites is 1. The molecule has 0 saturated carbocycles. The van der Waals surface area contributed by atoms with Gasteiger partial charge in [0, 0.05) is 6.20 Å². The average molecular weight is 437 g/mol. The number of thiazole rings is 1. The third-order valence-electron chi connectivity index (χ3n) is 4.42. The molecule has 1 amide bonds. The molecule has 0 aliphatic heterocycles. The Bertz CT molecular complexity index is 1170. The van der Waals surface area contributed by atoms with E-state index in [0.717, 1.165) is 10.4 Å². The van der Waals surface area contributed by atoms with E-state index in [1.165, 1.54) is 35.6 Å². The third-order valence-corrected chi connectivity index (χ3v) is 5.47. The predicted octanol–water partition coefficient (Wildman–Crippen LogP) is 4.84. The van der Waals surface area contributed by atoms with Crippen LogP contribution in [0, 0.1) is 5.82 Å². The molecular formula is C23H20FN3O3S. The standard InChI is InChI=1S/C23H20FN3O3S/c1-2-29-19-7-5-8-20-22(19)26-23(31-20)27(14-17-6-3-4-13-25-17)21(28)15-30-18-11-9-16(24)10-12-18/h3-13H,2,14-15H2,1H3. The molecule has 158 valence electrons. The van der Waals surface area contributed by atoms with Gasteiger partial charge in [-0.05, 0) is 55.5 Å². The molecule has 0 aliphatic carbocycles. The zero-order chi connectivity index (χ0) is 21.6. The molecule has 0 unspecified atom stereocenters. The highest BCUT2D eigenvalue weighted by Gasteiger charge is 2.22. The number of hydrogen-bond acceptors (Lipinski definition) is 6. The Labute approximate surface area is 182 Å². The summed E-state index contributed by atoms with van der Waals surface area (Å²) in [6.45, 7) is 2.47. The number of carbonyl (C=O) groups excluding carboxylic acids is 1. The molecule has 0 atom stereocenters. The number of pyridine rings is 1. The molecular weight excluding hydrogens is 417 g/mol. The van der Waals surface area contributed by atoms with Crippen LogP contribution in [0.1, 0.15) is 12.6 Å². The van der Waals surface area contributed by atoms with E-state index in [9.17, 15) is 9.18 Å². The van der Waals surface area contributed by atoms with Crippen LogP contribution < -0.4 is 14.4 Å². The minimum atomic E-state index is -0.366. The lowest BCUT2D eigenvalue weighted by Gasteiger charge is -2.19. The highest BCUT2D eigenvalue weighted by Crippen LogP contribution is 2.34. The van der Waals surface area contributed by atoms with Crippen molar-refractivity contribution < 1.29 is 18.7 Å². The zero-order valence-electron chi connectivity index (χ0n) is 16.8. The molecule has 6 nitrogen and oxygen atoms in total. The Hall–Kier alpha value is -3.52. The maximum atomic E-state index is 13.1. The molecule has 4 aromatic rings. The number of carbonyl (C=O) groups is 1. The van der Waals surface area contributed by atoms with Crippen LogP contribution in [-0.2, 0) is 11.3 Å². The topological polar surface area (TPSA) is 64.5 Å². The first-order chi connectivity index (χ1) is 15.1. The van der Waals surface area contributed by atoms with E-state index >= 15 is 0 Å². The number of hydrogen-bond donors (Lipinski definition) is 0. The van der Waals surface area contributed by atoms with E-state index in [1.807, 2.05) is 43.3 Å². The molecule has 0 radical (unpaired) electrons. The van der Waals surface area contributed by atoms with Crippen molar-refractivity contribution in [2.24, 2.45) is 0 Å². The lowest BCUT2D eigenvalue weighted by molar-refractivity contribution is -0.120. The van der Waals surface area contributed by atoms with Crippen molar-refractivity contribution in [1.29, 1.82) is 0 Å². The zero-order valence-corrected chi connectivity index (χ0v) is 17.6. The van der Waals surface area contributed by atoms with Gasteiger partial charge in [0.1, 0.15) is 22.8 Å². The number of halogens is 1. The van der Waals surface area contributed by atoms with Gasteiger partial charge in [-0.2, -0.15) is 0 Å². The van der Waals surface area contributed by atoms with Gasteiger partial charge in [-0.3, -0.25) is 14.7 Å². The van der Waals surface area contributed by atoms with E-state index < -0.39 is 0 Å². The lowest BCUT2D eigenvalue weighted by Crippen LogP contribution is -2.34. The van der Waals surface area contributed by atoms with Crippen LogP contribution in [-0.4, -0.2) is 29.1 Å². The minimum absolute atomic E-state index is 0.216. The molecule has 4 rings (SSSR count). The molecule has 0 bridgehead atoms. The maximum Gasteiger partial charge on any atom is 0.267 e. The molecule has 31 heavy (non-hydrogen) atoms. The molecule has 2 aromatic heterocycles. The summed E-state index contributed by atoms with van der Waals surface area (Å²) >= 11 is 1.40. The van der Waals surface area contributed by atoms with Gasteiger partial charge in [0.25, 0.3) is 5.91 Å². The van der Waals surface area contributed by atoms with Crippen molar-refractivity contribution in [3.8, 4) is 11.5 Å². The number of ether oxygens (including phenoxy) is 2. The molecule has 8 heteroatoms. The largest absolute Gasteiger partial charge is 0.492 e. The van der Waals surface area contributed by atoms with E-state index in [4.69, 9.17) is 9.47 Å². The number of nitrogens with zero attached hydrogens (tertiary/aromatic N) is 3. The minimum Gasteiger partial charge on any atom is -0.492 e. The summed E-state index contributed by atoms with van der Waals surface area (Å²) in [7, 11) is 0. The van der Waals surface area contributed by atoms with Crippen LogP contribution in [0.15, 0.2) is 66.9 Å². The number of fused-ring (bicyclic) bond motifs is 1. The van der Waals surface area contributed by atoms with Crippen molar-refractivity contribution >= 4 is 32.6 Å². The highest BCUT2D eigenvalue weighted by atomic mass is 32.1. The second kappa shape index (κ2) is 9.53. The Morgan fingerprint density at radius 3 is 2.65 bits per heavy atom. The van der Waals surface area contributed by atoms with Gasteiger partial charge in [0.15, 0.2) is 11.7 Å². The molecule has 2 aromatic carbocycles. The smallest absolute Gasteiger partial charge is 0.267 e. The van der Waals surface area contributed by atoms with Crippen LogP contribution in [0.4, 0.5) is 9.52 Å². The number of benzene rings is 2. The lowest BCUT2D eigenvalue weighted by atomic mass is 10.3. The van der Waals surface area contributed by atoms with Gasteiger partial charge in [-0.15, -0.1) is 0 Å². The second-order valence-corrected chi connectivity index (χ2v) is 7.58. The number of anilines is 1. The summed E-state index contributed by atoms with van der Waals surface area (Å²) in [6.07, 6.45) is 1.68. The summed E-state index contributed by atoms with van der Waals surface area (Å²) < 4.78 is 25.3. The first-order valence-corrected chi connectivity index (χ1v) is 10.6. The van der Waals surface area contributed by atoms with E-state index in [0.29, 0.717) is 28.8 Å². The number of amides is 1. The normalized spacial score (nSPS) is 10.8. The van der Waals surface area contributed by atoms with Gasteiger partial charge < -0.3 is 9.47 Å². The monoisotopic (exact) mass is 437 g/mol. The quantitative estimate of drug-likeness (QED) is 0.395. The summed E-state index contributed by atoms with van der Waals surface area (Å²) in [5, 5.41) is 0.528. The first kappa shape index (κ1) is 20.7. The van der Waals surface area contributed by atoms with Gasteiger partial charge >= 0.3 is 0 Å². The summed E-state index contributed by atoms with van der Waals surface area (Å²) in [5.41, 5.74) is 1.43. The van der Waals surface area contributed by atoms with Gasteiger partial charge in [-0.1, -0.05) is 23.5 Å². The Kier molecular flexibility index (Phi) is 6.37. The van der Waals surface area contributed by atoms with Crippen molar-refractivity contribution in [2.75, 3.05) is 18.1 Å². The van der Waals surface area contributed by atoms with Crippen LogP contribution >= 0.6 is 11.3 Å². The van der Waals surface area contributed by atoms with Crippen molar-refractivity contribution in [3.63, 3.8) is 0 Å². The number of aromatic nitrogens is 2. The fraction of sp³-hybridized carbons (Fsp3) is 0.174. The van der Waals surface area contributed by atoms with Crippen LogP contribution in [0.5, 0.6) is 11.5 Å². The van der Waals surface area contributed by atoms with Crippen molar-refractivity contribution in [3.05, 3.63) is 78.4 Å². The van der Waals surface area contributed by atoms with E-state index in [2.05, 4.69) is 9.97 Å². The van der Waals surface area contributed by atoms with Gasteiger partial charge in [0.2, 0.25) is 0 Å². The highest BCUT2D eigenvalue weighted by molar-refractivity contribution is 7.22. The van der Waals surface area contributed by atoms with Crippen molar-refractivity contribution in [2.45, 2.75) is 13.5 Å². The van der Waals surface area contributed by atoms with Gasteiger partial charge in [-0.25, -0.2) is 9.37 Å². The Morgan fingerprint density at radius 2 is 1.90 bits per heavy atom. The third kappa shape index (κ3) is 4.97. The van der Waals surface area contributed by atoms with Crippen molar-refractivity contribution in [1.82, 2.24) is 9.97 Å². The van der Waals surface area contributed by atoms with Crippen LogP contribution in [0.25, 0.3) is 10.2 Å². The second-order valence-electron chi connectivity index (χ2n) is 6.58. The summed E-state index contributed by atoms with van der Waals surface area (Å²) in [5.74, 6) is 0.438. The summed E-state index contributed by atoms with van der Waals surface area (Å²) in [6, 6.07) is 16.8. The van der Waals surface area contributed by atoms with E-state index in [1.54, 1.807) is 11.1 Å². The van der Waals surface area contributed by atoms with Crippen LogP contribution in [0.2, 0.25) is 0 Å². The van der Waals surface area contributed by atoms with Gasteiger partial charge in [0.05, 0.1) is 23.5 Å². The first-order valence-electron chi connectivity index (χ1n) is 9.75. The van der Waals surface area contributed by atoms with E-state index in [-0.39, 0.29) is 24.9 Å². The molecule has 0 saturated heterocycles. The molecule has 0 spiro atoms. The average Bonchev–Trinajstić information content (AvgIpc) is 3.23. The van der Waals surface area contributed by atoms with Crippen LogP contribution in [0.3, 0.4) is 0 Å². The Morgan fingerprint density at radius 1 is 1.06 bits per heavy atom. The molecule has 0 aliphatic rings. The molecule has 2 heterocycles. The molecule has 0 fully saturated rings. The fourth-order valence-corrected chi connectivity index (χ4v) is 3.97. The Balaban J connectivity index is 1.62. The number of rotatable bonds is 8. The predicted molar refractivity (Wildman–Crippen MR) is 118 cm³/mol. The summed E-state index contributed by atoms with van der Waals surface area (Å²) in [4.78, 5) is 23.7.